The predicted octanol–water partition coefficient (Wildman–Crippen LogP) is 2.87. The molecule has 3 rings (SSSR count). The van der Waals surface area contributed by atoms with E-state index < -0.39 is 0 Å². The van der Waals surface area contributed by atoms with Crippen molar-refractivity contribution in [2.24, 2.45) is 0 Å². The molecule has 2 aromatic carbocycles. The van der Waals surface area contributed by atoms with Crippen LogP contribution in [0, 0.1) is 0 Å². The van der Waals surface area contributed by atoms with Gasteiger partial charge in [-0.25, -0.2) is 0 Å². The number of carbonyl (C=O) groups is 1. The van der Waals surface area contributed by atoms with Crippen molar-refractivity contribution in [3.8, 4) is 0 Å². The summed E-state index contributed by atoms with van der Waals surface area (Å²) >= 11 is 4.37. The van der Waals surface area contributed by atoms with Crippen molar-refractivity contribution in [2.45, 2.75) is 11.7 Å². The van der Waals surface area contributed by atoms with Gasteiger partial charge < -0.3 is 4.90 Å². The molecule has 1 saturated heterocycles. The van der Waals surface area contributed by atoms with Crippen LogP contribution in [0.15, 0.2) is 42.5 Å². The van der Waals surface area contributed by atoms with Crippen molar-refractivity contribution in [1.82, 2.24) is 0 Å². The van der Waals surface area contributed by atoms with Crippen molar-refractivity contribution in [1.29, 1.82) is 0 Å². The molecule has 1 amide bonds. The predicted molar refractivity (Wildman–Crippen MR) is 73.7 cm³/mol. The van der Waals surface area contributed by atoms with Gasteiger partial charge in [0.2, 0.25) is 5.91 Å². The van der Waals surface area contributed by atoms with Crippen molar-refractivity contribution in [3.05, 3.63) is 42.5 Å². The van der Waals surface area contributed by atoms with Gasteiger partial charge in [-0.3, -0.25) is 4.79 Å². The van der Waals surface area contributed by atoms with Gasteiger partial charge in [-0.2, -0.15) is 12.6 Å². The second-order valence-corrected chi connectivity index (χ2v) is 5.12. The molecule has 2 aromatic rings. The van der Waals surface area contributed by atoms with Gasteiger partial charge in [0.15, 0.2) is 0 Å². The molecule has 0 aliphatic carbocycles. The monoisotopic (exact) mass is 243 g/mol. The van der Waals surface area contributed by atoms with E-state index in [4.69, 9.17) is 0 Å². The molecule has 0 radical (unpaired) electrons. The van der Waals surface area contributed by atoms with Crippen LogP contribution in [-0.2, 0) is 4.79 Å². The molecule has 0 spiro atoms. The van der Waals surface area contributed by atoms with Gasteiger partial charge in [-0.05, 0) is 22.9 Å². The zero-order chi connectivity index (χ0) is 11.8. The lowest BCUT2D eigenvalue weighted by molar-refractivity contribution is -0.117. The molecule has 1 aliphatic heterocycles. The van der Waals surface area contributed by atoms with Gasteiger partial charge in [0.05, 0.1) is 0 Å². The van der Waals surface area contributed by atoms with Crippen LogP contribution in [0.3, 0.4) is 0 Å². The zero-order valence-corrected chi connectivity index (χ0v) is 10.2. The third-order valence-electron chi connectivity index (χ3n) is 3.15. The smallest absolute Gasteiger partial charge is 0.228 e. The summed E-state index contributed by atoms with van der Waals surface area (Å²) in [4.78, 5) is 13.6. The van der Waals surface area contributed by atoms with Gasteiger partial charge in [0.1, 0.15) is 0 Å². The van der Waals surface area contributed by atoms with Crippen molar-refractivity contribution < 1.29 is 4.79 Å². The minimum absolute atomic E-state index is 0.161. The summed E-state index contributed by atoms with van der Waals surface area (Å²) in [5, 5.41) is 2.53. The third kappa shape index (κ3) is 1.91. The summed E-state index contributed by atoms with van der Waals surface area (Å²) in [7, 11) is 0. The second kappa shape index (κ2) is 4.08. The largest absolute Gasteiger partial charge is 0.311 e. The van der Waals surface area contributed by atoms with E-state index in [9.17, 15) is 4.79 Å². The minimum atomic E-state index is 0.161. The van der Waals surface area contributed by atoms with Crippen LogP contribution < -0.4 is 4.90 Å². The van der Waals surface area contributed by atoms with Gasteiger partial charge in [-0.15, -0.1) is 0 Å². The average Bonchev–Trinajstić information content (AvgIpc) is 2.68. The highest BCUT2D eigenvalue weighted by Crippen LogP contribution is 2.27. The fourth-order valence-corrected chi connectivity index (χ4v) is 2.60. The number of amides is 1. The molecule has 0 aromatic heterocycles. The number of hydrogen-bond acceptors (Lipinski definition) is 2. The number of anilines is 1. The molecule has 3 heteroatoms. The van der Waals surface area contributed by atoms with Crippen LogP contribution in [0.1, 0.15) is 6.42 Å². The van der Waals surface area contributed by atoms with E-state index in [0.717, 1.165) is 5.69 Å². The lowest BCUT2D eigenvalue weighted by Crippen LogP contribution is -2.24. The van der Waals surface area contributed by atoms with Crippen molar-refractivity contribution >= 4 is 35.0 Å². The Morgan fingerprint density at radius 1 is 1.12 bits per heavy atom. The van der Waals surface area contributed by atoms with Crippen molar-refractivity contribution in [3.63, 3.8) is 0 Å². The first-order chi connectivity index (χ1) is 8.24. The van der Waals surface area contributed by atoms with E-state index in [1.165, 1.54) is 10.8 Å². The Morgan fingerprint density at radius 2 is 1.88 bits per heavy atom. The zero-order valence-electron chi connectivity index (χ0n) is 9.34. The van der Waals surface area contributed by atoms with Gasteiger partial charge in [-0.1, -0.05) is 30.3 Å². The summed E-state index contributed by atoms with van der Waals surface area (Å²) in [6, 6.07) is 14.3. The number of nitrogens with zero attached hydrogens (tertiary/aromatic N) is 1. The Bertz CT molecular complexity index is 581. The van der Waals surface area contributed by atoms with Crippen LogP contribution in [-0.4, -0.2) is 17.7 Å². The average molecular weight is 243 g/mol. The number of fused-ring (bicyclic) bond motifs is 1. The third-order valence-corrected chi connectivity index (χ3v) is 3.50. The fraction of sp³-hybridized carbons (Fsp3) is 0.214. The Balaban J connectivity index is 2.03. The summed E-state index contributed by atoms with van der Waals surface area (Å²) < 4.78 is 0. The molecule has 2 nitrogen and oxygen atoms in total. The molecule has 0 saturated carbocycles. The van der Waals surface area contributed by atoms with E-state index in [1.807, 2.05) is 23.1 Å². The number of carbonyl (C=O) groups excluding carboxylic acids is 1. The molecule has 0 N–H and O–H groups in total. The maximum atomic E-state index is 11.8. The van der Waals surface area contributed by atoms with Gasteiger partial charge in [0.25, 0.3) is 0 Å². The quantitative estimate of drug-likeness (QED) is 0.764. The summed E-state index contributed by atoms with van der Waals surface area (Å²) in [5.41, 5.74) is 0.977. The Morgan fingerprint density at radius 3 is 2.59 bits per heavy atom. The van der Waals surface area contributed by atoms with Crippen LogP contribution in [0.2, 0.25) is 0 Å². The molecule has 1 heterocycles. The minimum Gasteiger partial charge on any atom is -0.311 e. The first kappa shape index (κ1) is 10.7. The Kier molecular flexibility index (Phi) is 2.56. The van der Waals surface area contributed by atoms with Crippen LogP contribution >= 0.6 is 12.6 Å². The highest BCUT2D eigenvalue weighted by molar-refractivity contribution is 7.81. The lowest BCUT2D eigenvalue weighted by atomic mass is 10.1. The maximum Gasteiger partial charge on any atom is 0.228 e. The SMILES string of the molecule is O=C1CC(S)CN1c1ccc2ccccc2c1. The summed E-state index contributed by atoms with van der Waals surface area (Å²) in [5.74, 6) is 0.167. The second-order valence-electron chi connectivity index (χ2n) is 4.39. The van der Waals surface area contributed by atoms with Crippen LogP contribution in [0.25, 0.3) is 10.8 Å². The summed E-state index contributed by atoms with van der Waals surface area (Å²) in [6.07, 6.45) is 0.538. The first-order valence-electron chi connectivity index (χ1n) is 5.71. The standard InChI is InChI=1S/C14H13NOS/c16-14-8-13(17)9-15(14)12-6-5-10-3-1-2-4-11(10)7-12/h1-7,13,17H,8-9H2. The number of hydrogen-bond donors (Lipinski definition) is 1. The van der Waals surface area contributed by atoms with Crippen LogP contribution in [0.5, 0.6) is 0 Å². The lowest BCUT2D eigenvalue weighted by Gasteiger charge is -2.16. The summed E-state index contributed by atoms with van der Waals surface area (Å²) in [6.45, 7) is 0.709. The topological polar surface area (TPSA) is 20.3 Å². The van der Waals surface area contributed by atoms with E-state index in [2.05, 4.69) is 36.9 Å². The molecular formula is C14H13NOS. The van der Waals surface area contributed by atoms with Crippen LogP contribution in [0.4, 0.5) is 5.69 Å². The Hall–Kier alpha value is -1.48. The Labute approximate surface area is 106 Å². The van der Waals surface area contributed by atoms with E-state index in [-0.39, 0.29) is 11.2 Å². The molecule has 86 valence electrons. The normalized spacial score (nSPS) is 20.2. The molecule has 1 fully saturated rings. The molecular weight excluding hydrogens is 230 g/mol. The van der Waals surface area contributed by atoms with Gasteiger partial charge >= 0.3 is 0 Å². The fourth-order valence-electron chi connectivity index (χ4n) is 2.28. The molecule has 1 atom stereocenters. The van der Waals surface area contributed by atoms with Crippen molar-refractivity contribution in [2.75, 3.05) is 11.4 Å². The number of thiol groups is 1. The molecule has 1 aliphatic rings. The first-order valence-corrected chi connectivity index (χ1v) is 6.23. The number of benzene rings is 2. The van der Waals surface area contributed by atoms with Gasteiger partial charge in [0, 0.05) is 23.9 Å². The highest BCUT2D eigenvalue weighted by atomic mass is 32.1. The maximum absolute atomic E-state index is 11.8. The number of rotatable bonds is 1. The van der Waals surface area contributed by atoms with E-state index >= 15 is 0 Å². The molecule has 0 bridgehead atoms. The van der Waals surface area contributed by atoms with E-state index in [0.29, 0.717) is 13.0 Å². The van der Waals surface area contributed by atoms with E-state index in [1.54, 1.807) is 0 Å². The highest BCUT2D eigenvalue weighted by Gasteiger charge is 2.28. The molecule has 1 unspecified atom stereocenters. The molecule has 17 heavy (non-hydrogen) atoms.